The summed E-state index contributed by atoms with van der Waals surface area (Å²) >= 11 is 6.99. The Morgan fingerprint density at radius 2 is 2.24 bits per heavy atom. The fourth-order valence-corrected chi connectivity index (χ4v) is 3.68. The number of hydrogen-bond donors (Lipinski definition) is 1. The molecule has 110 valence electrons. The van der Waals surface area contributed by atoms with E-state index in [1.54, 1.807) is 0 Å². The van der Waals surface area contributed by atoms with Crippen LogP contribution >= 0.6 is 50.3 Å². The van der Waals surface area contributed by atoms with Crippen molar-refractivity contribution in [3.63, 3.8) is 0 Å². The molecule has 1 saturated carbocycles. The molecule has 1 aromatic carbocycles. The van der Waals surface area contributed by atoms with Crippen molar-refractivity contribution in [3.8, 4) is 11.4 Å². The normalized spacial score (nSPS) is 14.4. The molecule has 8 heteroatoms. The zero-order valence-corrected chi connectivity index (χ0v) is 15.4. The van der Waals surface area contributed by atoms with Crippen molar-refractivity contribution in [1.29, 1.82) is 0 Å². The first kappa shape index (κ1) is 15.3. The smallest absolute Gasteiger partial charge is 0.313 e. The molecule has 1 aliphatic rings. The summed E-state index contributed by atoms with van der Waals surface area (Å²) in [6.07, 6.45) is 2.19. The van der Waals surface area contributed by atoms with Gasteiger partial charge in [0, 0.05) is 19.6 Å². The van der Waals surface area contributed by atoms with Crippen LogP contribution < -0.4 is 0 Å². The highest BCUT2D eigenvalue weighted by atomic mass is 127. The van der Waals surface area contributed by atoms with Crippen LogP contribution in [0.5, 0.6) is 0 Å². The van der Waals surface area contributed by atoms with Gasteiger partial charge in [0.15, 0.2) is 11.0 Å². The quantitative estimate of drug-likeness (QED) is 0.521. The van der Waals surface area contributed by atoms with E-state index in [-0.39, 0.29) is 5.75 Å². The highest BCUT2D eigenvalue weighted by molar-refractivity contribution is 14.1. The number of halogens is 2. The second-order valence-electron chi connectivity index (χ2n) is 4.71. The number of carboxylic acid groups (broad SMARTS) is 1. The van der Waals surface area contributed by atoms with Gasteiger partial charge in [0.05, 0.1) is 5.75 Å². The Morgan fingerprint density at radius 3 is 2.90 bits per heavy atom. The fraction of sp³-hybridized carbons (Fsp3) is 0.308. The monoisotopic (exact) mass is 479 g/mol. The van der Waals surface area contributed by atoms with E-state index in [1.165, 1.54) is 11.8 Å². The number of thioether (sulfide) groups is 1. The van der Waals surface area contributed by atoms with E-state index in [4.69, 9.17) is 5.11 Å². The van der Waals surface area contributed by atoms with Gasteiger partial charge in [-0.2, -0.15) is 0 Å². The summed E-state index contributed by atoms with van der Waals surface area (Å²) in [5, 5.41) is 18.0. The Kier molecular flexibility index (Phi) is 4.55. The van der Waals surface area contributed by atoms with E-state index < -0.39 is 5.97 Å². The van der Waals surface area contributed by atoms with Gasteiger partial charge >= 0.3 is 5.97 Å². The van der Waals surface area contributed by atoms with Gasteiger partial charge in [-0.05, 0) is 53.6 Å². The van der Waals surface area contributed by atoms with E-state index in [9.17, 15) is 4.79 Å². The van der Waals surface area contributed by atoms with Gasteiger partial charge in [-0.25, -0.2) is 0 Å². The molecule has 1 heterocycles. The van der Waals surface area contributed by atoms with Crippen LogP contribution in [0.1, 0.15) is 18.9 Å². The van der Waals surface area contributed by atoms with Crippen molar-refractivity contribution in [2.24, 2.45) is 0 Å². The summed E-state index contributed by atoms with van der Waals surface area (Å²) < 4.78 is 4.17. The van der Waals surface area contributed by atoms with Crippen molar-refractivity contribution >= 4 is 56.3 Å². The molecule has 0 saturated heterocycles. The molecule has 0 amide bonds. The molecular formula is C13H11BrIN3O2S. The van der Waals surface area contributed by atoms with E-state index in [1.807, 2.05) is 18.2 Å². The third kappa shape index (κ3) is 3.42. The maximum absolute atomic E-state index is 10.8. The second-order valence-corrected chi connectivity index (χ2v) is 7.73. The molecule has 2 aromatic rings. The predicted octanol–water partition coefficient (Wildman–Crippen LogP) is 3.82. The minimum Gasteiger partial charge on any atom is -0.481 e. The lowest BCUT2D eigenvalue weighted by Gasteiger charge is -2.09. The number of rotatable bonds is 5. The summed E-state index contributed by atoms with van der Waals surface area (Å²) in [4.78, 5) is 10.8. The number of benzene rings is 1. The van der Waals surface area contributed by atoms with Crippen LogP contribution in [0.25, 0.3) is 11.4 Å². The average Bonchev–Trinajstić information content (AvgIpc) is 3.19. The number of nitrogens with zero attached hydrogens (tertiary/aromatic N) is 3. The van der Waals surface area contributed by atoms with Crippen molar-refractivity contribution in [1.82, 2.24) is 14.8 Å². The summed E-state index contributed by atoms with van der Waals surface area (Å²) in [7, 11) is 0. The maximum atomic E-state index is 10.8. The Balaban J connectivity index is 2.02. The second kappa shape index (κ2) is 6.25. The summed E-state index contributed by atoms with van der Waals surface area (Å²) in [6.45, 7) is 0. The average molecular weight is 480 g/mol. The number of aromatic nitrogens is 3. The fourth-order valence-electron chi connectivity index (χ4n) is 2.02. The first-order valence-corrected chi connectivity index (χ1v) is 9.17. The lowest BCUT2D eigenvalue weighted by atomic mass is 10.2. The maximum Gasteiger partial charge on any atom is 0.313 e. The van der Waals surface area contributed by atoms with Crippen LogP contribution in [0.4, 0.5) is 0 Å². The van der Waals surface area contributed by atoms with Gasteiger partial charge in [0.2, 0.25) is 0 Å². The van der Waals surface area contributed by atoms with E-state index >= 15 is 0 Å². The number of hydrogen-bond acceptors (Lipinski definition) is 4. The Labute approximate surface area is 147 Å². The van der Waals surface area contributed by atoms with Crippen LogP contribution in [0.15, 0.2) is 27.8 Å². The van der Waals surface area contributed by atoms with Crippen LogP contribution in [0.3, 0.4) is 0 Å². The topological polar surface area (TPSA) is 68.0 Å². The molecule has 1 aromatic heterocycles. The van der Waals surface area contributed by atoms with Gasteiger partial charge in [-0.1, -0.05) is 27.7 Å². The molecule has 5 nitrogen and oxygen atoms in total. The van der Waals surface area contributed by atoms with Gasteiger partial charge in [0.25, 0.3) is 0 Å². The Bertz CT molecular complexity index is 703. The predicted molar refractivity (Wildman–Crippen MR) is 92.5 cm³/mol. The van der Waals surface area contributed by atoms with Crippen LogP contribution in [-0.2, 0) is 4.79 Å². The standard InChI is InChI=1S/C13H11BrIN3O2S/c14-7-1-4-10(15)9(5-7)12-16-17-13(21-6-11(19)20)18(12)8-2-3-8/h1,4-5,8H,2-3,6H2,(H,19,20). The molecular weight excluding hydrogens is 469 g/mol. The van der Waals surface area contributed by atoms with Gasteiger partial charge < -0.3 is 5.11 Å². The number of aliphatic carboxylic acids is 1. The molecule has 0 atom stereocenters. The molecule has 0 radical (unpaired) electrons. The van der Waals surface area contributed by atoms with Crippen LogP contribution in [0, 0.1) is 3.57 Å². The zero-order valence-electron chi connectivity index (χ0n) is 10.8. The van der Waals surface area contributed by atoms with Gasteiger partial charge in [-0.15, -0.1) is 10.2 Å². The number of carbonyl (C=O) groups is 1. The molecule has 0 aliphatic heterocycles. The minimum atomic E-state index is -0.844. The number of carboxylic acids is 1. The minimum absolute atomic E-state index is 0.000426. The van der Waals surface area contributed by atoms with Gasteiger partial charge in [-0.3, -0.25) is 9.36 Å². The summed E-state index contributed by atoms with van der Waals surface area (Å²) in [6, 6.07) is 6.43. The first-order valence-electron chi connectivity index (χ1n) is 6.31. The van der Waals surface area contributed by atoms with E-state index in [0.717, 1.165) is 32.3 Å². The molecule has 21 heavy (non-hydrogen) atoms. The molecule has 0 bridgehead atoms. The van der Waals surface area contributed by atoms with Crippen molar-refractivity contribution < 1.29 is 9.90 Å². The highest BCUT2D eigenvalue weighted by Gasteiger charge is 2.30. The summed E-state index contributed by atoms with van der Waals surface area (Å²) in [5.41, 5.74) is 1.02. The SMILES string of the molecule is O=C(O)CSc1nnc(-c2cc(Br)ccc2I)n1C1CC1. The Morgan fingerprint density at radius 1 is 1.48 bits per heavy atom. The Hall–Kier alpha value is -0.610. The van der Waals surface area contributed by atoms with Crippen molar-refractivity contribution in [2.45, 2.75) is 24.0 Å². The summed E-state index contributed by atoms with van der Waals surface area (Å²) in [5.74, 6) is -0.0273. The van der Waals surface area contributed by atoms with Crippen LogP contribution in [-0.4, -0.2) is 31.6 Å². The van der Waals surface area contributed by atoms with E-state index in [0.29, 0.717) is 11.2 Å². The lowest BCUT2D eigenvalue weighted by molar-refractivity contribution is -0.133. The van der Waals surface area contributed by atoms with Gasteiger partial charge in [0.1, 0.15) is 0 Å². The molecule has 3 rings (SSSR count). The highest BCUT2D eigenvalue weighted by Crippen LogP contribution is 2.42. The zero-order chi connectivity index (χ0) is 15.0. The largest absolute Gasteiger partial charge is 0.481 e. The third-order valence-electron chi connectivity index (χ3n) is 3.07. The van der Waals surface area contributed by atoms with Crippen molar-refractivity contribution in [3.05, 3.63) is 26.2 Å². The third-order valence-corrected chi connectivity index (χ3v) is 5.43. The lowest BCUT2D eigenvalue weighted by Crippen LogP contribution is -2.03. The molecule has 1 fully saturated rings. The molecule has 1 aliphatic carbocycles. The molecule has 0 unspecified atom stereocenters. The van der Waals surface area contributed by atoms with E-state index in [2.05, 4.69) is 53.3 Å². The molecule has 1 N–H and O–H groups in total. The first-order chi connectivity index (χ1) is 10.1. The van der Waals surface area contributed by atoms with Crippen molar-refractivity contribution in [2.75, 3.05) is 5.75 Å². The van der Waals surface area contributed by atoms with Crippen LogP contribution in [0.2, 0.25) is 0 Å². The molecule has 0 spiro atoms.